The van der Waals surface area contributed by atoms with Crippen LogP contribution in [-0.4, -0.2) is 28.5 Å². The summed E-state index contributed by atoms with van der Waals surface area (Å²) < 4.78 is 9.10. The van der Waals surface area contributed by atoms with Crippen LogP contribution in [0.5, 0.6) is 0 Å². The molecule has 1 N–H and O–H groups in total. The van der Waals surface area contributed by atoms with E-state index in [-0.39, 0.29) is 11.6 Å². The Morgan fingerprint density at radius 2 is 2.05 bits per heavy atom. The molecule has 4 nitrogen and oxygen atoms in total. The second-order valence-corrected chi connectivity index (χ2v) is 6.89. The lowest BCUT2D eigenvalue weighted by atomic mass is 10.1. The predicted molar refractivity (Wildman–Crippen MR) is 87.0 cm³/mol. The van der Waals surface area contributed by atoms with Crippen LogP contribution >= 0.6 is 15.9 Å². The first-order valence-corrected chi connectivity index (χ1v) is 8.26. The summed E-state index contributed by atoms with van der Waals surface area (Å²) in [5.74, 6) is 0. The Morgan fingerprint density at radius 3 is 2.60 bits per heavy atom. The van der Waals surface area contributed by atoms with Crippen LogP contribution in [0.3, 0.4) is 0 Å². The average Bonchev–Trinajstić information content (AvgIpc) is 2.71. The van der Waals surface area contributed by atoms with E-state index in [1.807, 2.05) is 6.20 Å². The number of rotatable bonds is 8. The van der Waals surface area contributed by atoms with E-state index in [0.29, 0.717) is 6.61 Å². The molecule has 0 radical (unpaired) electrons. The molecule has 0 spiro atoms. The van der Waals surface area contributed by atoms with Gasteiger partial charge >= 0.3 is 0 Å². The standard InChI is InChI=1S/C15H28BrN3O/c1-6-8-17-13(11-20-15(3,4)5)14-12(16)10-18-19(14)9-7-2/h10,13,17H,6-9,11H2,1-5H3. The van der Waals surface area contributed by atoms with Crippen LogP contribution < -0.4 is 5.32 Å². The van der Waals surface area contributed by atoms with Crippen LogP contribution in [0.1, 0.15) is 59.2 Å². The van der Waals surface area contributed by atoms with Gasteiger partial charge in [0.15, 0.2) is 0 Å². The Balaban J connectivity index is 2.88. The molecule has 0 aliphatic rings. The molecule has 1 aromatic heterocycles. The normalized spacial score (nSPS) is 13.7. The molecule has 1 rings (SSSR count). The lowest BCUT2D eigenvalue weighted by Gasteiger charge is -2.26. The molecule has 1 heterocycles. The summed E-state index contributed by atoms with van der Waals surface area (Å²) in [7, 11) is 0. The molecule has 0 aromatic carbocycles. The Hall–Kier alpha value is -0.390. The molecule has 20 heavy (non-hydrogen) atoms. The van der Waals surface area contributed by atoms with Crippen LogP contribution in [0.2, 0.25) is 0 Å². The molecule has 0 saturated carbocycles. The Labute approximate surface area is 131 Å². The number of aromatic nitrogens is 2. The van der Waals surface area contributed by atoms with E-state index in [1.54, 1.807) is 0 Å². The molecular formula is C15H28BrN3O. The summed E-state index contributed by atoms with van der Waals surface area (Å²) in [5.41, 5.74) is 1.05. The zero-order chi connectivity index (χ0) is 15.2. The minimum Gasteiger partial charge on any atom is -0.374 e. The van der Waals surface area contributed by atoms with E-state index in [1.165, 1.54) is 5.69 Å². The highest BCUT2D eigenvalue weighted by Crippen LogP contribution is 2.25. The number of halogens is 1. The molecule has 0 bridgehead atoms. The third kappa shape index (κ3) is 5.54. The van der Waals surface area contributed by atoms with Crippen LogP contribution in [0.25, 0.3) is 0 Å². The van der Waals surface area contributed by atoms with Gasteiger partial charge in [-0.1, -0.05) is 13.8 Å². The van der Waals surface area contributed by atoms with Gasteiger partial charge < -0.3 is 10.1 Å². The number of hydrogen-bond donors (Lipinski definition) is 1. The summed E-state index contributed by atoms with van der Waals surface area (Å²) in [4.78, 5) is 0. The van der Waals surface area contributed by atoms with Crippen molar-refractivity contribution in [3.05, 3.63) is 16.4 Å². The third-order valence-electron chi connectivity index (χ3n) is 2.92. The largest absolute Gasteiger partial charge is 0.374 e. The van der Waals surface area contributed by atoms with E-state index >= 15 is 0 Å². The van der Waals surface area contributed by atoms with Gasteiger partial charge in [-0.25, -0.2) is 0 Å². The molecule has 5 heteroatoms. The molecule has 1 unspecified atom stereocenters. The molecule has 0 fully saturated rings. The first-order valence-electron chi connectivity index (χ1n) is 7.47. The minimum atomic E-state index is -0.131. The van der Waals surface area contributed by atoms with Crippen molar-refractivity contribution in [2.75, 3.05) is 13.2 Å². The van der Waals surface area contributed by atoms with E-state index in [2.05, 4.69) is 65.6 Å². The summed E-state index contributed by atoms with van der Waals surface area (Å²) in [6, 6.07) is 0.164. The van der Waals surface area contributed by atoms with Crippen LogP contribution in [0, 0.1) is 0 Å². The number of nitrogens with one attached hydrogen (secondary N) is 1. The van der Waals surface area contributed by atoms with Gasteiger partial charge in [0.25, 0.3) is 0 Å². The maximum atomic E-state index is 5.98. The second-order valence-electron chi connectivity index (χ2n) is 6.03. The minimum absolute atomic E-state index is 0.131. The van der Waals surface area contributed by atoms with Gasteiger partial charge in [-0.2, -0.15) is 5.10 Å². The fourth-order valence-corrected chi connectivity index (χ4v) is 2.57. The first-order chi connectivity index (χ1) is 9.39. The summed E-state index contributed by atoms with van der Waals surface area (Å²) in [6.07, 6.45) is 4.05. The Morgan fingerprint density at radius 1 is 1.35 bits per heavy atom. The molecule has 0 saturated heterocycles. The molecule has 0 aliphatic carbocycles. The molecule has 0 aliphatic heterocycles. The summed E-state index contributed by atoms with van der Waals surface area (Å²) >= 11 is 3.62. The van der Waals surface area contributed by atoms with E-state index in [0.717, 1.165) is 30.4 Å². The van der Waals surface area contributed by atoms with Gasteiger partial charge in [-0.15, -0.1) is 0 Å². The van der Waals surface area contributed by atoms with Gasteiger partial charge in [0, 0.05) is 6.54 Å². The quantitative estimate of drug-likeness (QED) is 0.776. The maximum absolute atomic E-state index is 5.98. The molecule has 1 aromatic rings. The second kappa shape index (κ2) is 8.15. The van der Waals surface area contributed by atoms with E-state index < -0.39 is 0 Å². The van der Waals surface area contributed by atoms with Crippen molar-refractivity contribution in [3.8, 4) is 0 Å². The van der Waals surface area contributed by atoms with Crippen molar-refractivity contribution < 1.29 is 4.74 Å². The Kier molecular flexibility index (Phi) is 7.20. The summed E-state index contributed by atoms with van der Waals surface area (Å²) in [6.45, 7) is 13.2. The monoisotopic (exact) mass is 345 g/mol. The van der Waals surface area contributed by atoms with Crippen molar-refractivity contribution in [2.45, 2.75) is 65.6 Å². The molecule has 1 atom stereocenters. The number of nitrogens with zero attached hydrogens (tertiary/aromatic N) is 2. The zero-order valence-corrected chi connectivity index (χ0v) is 15.0. The van der Waals surface area contributed by atoms with Crippen LogP contribution in [0.15, 0.2) is 10.7 Å². The number of hydrogen-bond acceptors (Lipinski definition) is 3. The van der Waals surface area contributed by atoms with Crippen molar-refractivity contribution in [3.63, 3.8) is 0 Å². The molecule has 0 amide bonds. The highest BCUT2D eigenvalue weighted by Gasteiger charge is 2.22. The topological polar surface area (TPSA) is 39.1 Å². The lowest BCUT2D eigenvalue weighted by Crippen LogP contribution is -2.32. The molecule has 116 valence electrons. The smallest absolute Gasteiger partial charge is 0.0741 e. The molecular weight excluding hydrogens is 318 g/mol. The van der Waals surface area contributed by atoms with Gasteiger partial charge in [0.1, 0.15) is 0 Å². The predicted octanol–water partition coefficient (Wildman–Crippen LogP) is 3.91. The van der Waals surface area contributed by atoms with Crippen molar-refractivity contribution in [1.29, 1.82) is 0 Å². The Bertz CT molecular complexity index is 398. The highest BCUT2D eigenvalue weighted by molar-refractivity contribution is 9.10. The van der Waals surface area contributed by atoms with E-state index in [9.17, 15) is 0 Å². The van der Waals surface area contributed by atoms with Gasteiger partial charge in [0.2, 0.25) is 0 Å². The fraction of sp³-hybridized carbons (Fsp3) is 0.800. The zero-order valence-electron chi connectivity index (χ0n) is 13.4. The first kappa shape index (κ1) is 17.7. The van der Waals surface area contributed by atoms with Crippen LogP contribution in [-0.2, 0) is 11.3 Å². The maximum Gasteiger partial charge on any atom is 0.0741 e. The summed E-state index contributed by atoms with van der Waals surface area (Å²) in [5, 5.41) is 8.02. The van der Waals surface area contributed by atoms with Gasteiger partial charge in [-0.05, 0) is 56.1 Å². The fourth-order valence-electron chi connectivity index (χ4n) is 1.99. The van der Waals surface area contributed by atoms with Gasteiger partial charge in [0.05, 0.1) is 34.6 Å². The van der Waals surface area contributed by atoms with Gasteiger partial charge in [-0.3, -0.25) is 4.68 Å². The lowest BCUT2D eigenvalue weighted by molar-refractivity contribution is -0.0159. The number of aryl methyl sites for hydroxylation is 1. The van der Waals surface area contributed by atoms with Crippen molar-refractivity contribution >= 4 is 15.9 Å². The highest BCUT2D eigenvalue weighted by atomic mass is 79.9. The SMILES string of the molecule is CCCNC(COC(C)(C)C)c1c(Br)cnn1CCC. The number of ether oxygens (including phenoxy) is 1. The van der Waals surface area contributed by atoms with E-state index in [4.69, 9.17) is 4.74 Å². The van der Waals surface area contributed by atoms with Crippen LogP contribution in [0.4, 0.5) is 0 Å². The van der Waals surface area contributed by atoms with Crippen molar-refractivity contribution in [1.82, 2.24) is 15.1 Å². The van der Waals surface area contributed by atoms with Crippen molar-refractivity contribution in [2.24, 2.45) is 0 Å². The average molecular weight is 346 g/mol. The third-order valence-corrected chi connectivity index (χ3v) is 3.53.